The van der Waals surface area contributed by atoms with E-state index >= 15 is 0 Å². The number of carbonyl (C=O) groups excluding carboxylic acids is 1. The summed E-state index contributed by atoms with van der Waals surface area (Å²) in [6.07, 6.45) is 1.84. The van der Waals surface area contributed by atoms with Gasteiger partial charge < -0.3 is 15.4 Å². The van der Waals surface area contributed by atoms with Gasteiger partial charge in [-0.05, 0) is 48.9 Å². The fourth-order valence-corrected chi connectivity index (χ4v) is 3.55. The Morgan fingerprint density at radius 2 is 1.82 bits per heavy atom. The molecule has 0 heterocycles. The molecule has 0 aliphatic heterocycles. The van der Waals surface area contributed by atoms with E-state index in [0.717, 1.165) is 22.3 Å². The van der Waals surface area contributed by atoms with Gasteiger partial charge in [0.15, 0.2) is 5.96 Å². The van der Waals surface area contributed by atoms with Gasteiger partial charge in [0.1, 0.15) is 18.0 Å². The number of hydrogen-bond acceptors (Lipinski definition) is 3. The molecule has 0 bridgehead atoms. The van der Waals surface area contributed by atoms with Crippen molar-refractivity contribution < 1.29 is 9.18 Å². The van der Waals surface area contributed by atoms with Crippen molar-refractivity contribution in [1.82, 2.24) is 4.90 Å². The molecule has 0 aliphatic carbocycles. The molecule has 2 N–H and O–H groups in total. The van der Waals surface area contributed by atoms with Crippen LogP contribution in [-0.4, -0.2) is 37.5 Å². The Labute approximate surface area is 171 Å². The molecule has 0 amide bonds. The summed E-state index contributed by atoms with van der Waals surface area (Å²) in [4.78, 5) is 19.8. The summed E-state index contributed by atoms with van der Waals surface area (Å²) in [7, 11) is 3.62. The Bertz CT molecular complexity index is 836. The van der Waals surface area contributed by atoms with Gasteiger partial charge in [-0.2, -0.15) is 0 Å². The first-order valence-corrected chi connectivity index (χ1v) is 10.3. The number of alkyl halides is 1. The molecule has 0 saturated heterocycles. The molecular weight excluding hydrogens is 373 g/mol. The molecule has 3 atom stereocenters. The molecule has 2 rings (SSSR count). The molecule has 150 valence electrons. The van der Waals surface area contributed by atoms with Crippen molar-refractivity contribution in [1.29, 1.82) is 0 Å². The Kier molecular flexibility index (Phi) is 7.24. The van der Waals surface area contributed by atoms with Crippen LogP contribution in [0.3, 0.4) is 0 Å². The Hall–Kier alpha value is -2.34. The lowest BCUT2D eigenvalue weighted by Crippen LogP contribution is -2.37. The number of nitrogens with two attached hydrogens (primary N) is 1. The zero-order chi connectivity index (χ0) is 20.9. The molecule has 0 fully saturated rings. The van der Waals surface area contributed by atoms with Crippen LogP contribution in [0.5, 0.6) is 0 Å². The predicted octanol–water partition coefficient (Wildman–Crippen LogP) is 4.51. The topological polar surface area (TPSA) is 58.7 Å². The maximum atomic E-state index is 13.6. The SMILES string of the molecule is CSc1cccc(C(C)(N=C(N)N(C)C)C(C=O)c2ccc(C(C)F)cc2)c1. The number of halogens is 1. The van der Waals surface area contributed by atoms with Crippen molar-refractivity contribution in [3.8, 4) is 0 Å². The first-order valence-electron chi connectivity index (χ1n) is 9.09. The second-order valence-electron chi connectivity index (χ2n) is 7.14. The van der Waals surface area contributed by atoms with E-state index in [1.807, 2.05) is 51.5 Å². The number of aliphatic imine (C=N–C) groups is 1. The van der Waals surface area contributed by atoms with Crippen LogP contribution in [0.15, 0.2) is 58.4 Å². The van der Waals surface area contributed by atoms with Crippen molar-refractivity contribution >= 4 is 24.0 Å². The highest BCUT2D eigenvalue weighted by Crippen LogP contribution is 2.40. The van der Waals surface area contributed by atoms with Crippen LogP contribution < -0.4 is 5.73 Å². The van der Waals surface area contributed by atoms with E-state index in [-0.39, 0.29) is 0 Å². The standard InChI is InChI=1S/C22H28FN3OS/c1-15(23)16-9-11-17(12-10-16)20(14-27)22(2,25-21(24)26(3)4)18-7-6-8-19(13-18)28-5/h6-15,20H,1-5H3,(H2,24,25). The number of nitrogens with zero attached hydrogens (tertiary/aromatic N) is 2. The van der Waals surface area contributed by atoms with Gasteiger partial charge in [-0.3, -0.25) is 0 Å². The van der Waals surface area contributed by atoms with E-state index < -0.39 is 17.6 Å². The van der Waals surface area contributed by atoms with Gasteiger partial charge in [-0.15, -0.1) is 11.8 Å². The average molecular weight is 402 g/mol. The van der Waals surface area contributed by atoms with Crippen LogP contribution in [0.4, 0.5) is 4.39 Å². The summed E-state index contributed by atoms with van der Waals surface area (Å²) in [5, 5.41) is 0. The molecular formula is C22H28FN3OS. The number of rotatable bonds is 7. The minimum atomic E-state index is -1.06. The van der Waals surface area contributed by atoms with Crippen LogP contribution in [-0.2, 0) is 10.3 Å². The minimum Gasteiger partial charge on any atom is -0.370 e. The highest BCUT2D eigenvalue weighted by molar-refractivity contribution is 7.98. The maximum absolute atomic E-state index is 13.6. The number of thioether (sulfide) groups is 1. The molecule has 0 aliphatic rings. The summed E-state index contributed by atoms with van der Waals surface area (Å²) >= 11 is 1.62. The summed E-state index contributed by atoms with van der Waals surface area (Å²) in [6.45, 7) is 3.40. The quantitative estimate of drug-likeness (QED) is 0.321. The van der Waals surface area contributed by atoms with E-state index in [1.54, 1.807) is 40.9 Å². The highest BCUT2D eigenvalue weighted by Gasteiger charge is 2.38. The number of benzene rings is 2. The zero-order valence-electron chi connectivity index (χ0n) is 17.0. The van der Waals surface area contributed by atoms with Crippen molar-refractivity contribution in [3.63, 3.8) is 0 Å². The molecule has 2 aromatic carbocycles. The third-order valence-corrected chi connectivity index (χ3v) is 5.68. The lowest BCUT2D eigenvalue weighted by molar-refractivity contribution is -0.110. The lowest BCUT2D eigenvalue weighted by atomic mass is 9.76. The molecule has 6 heteroatoms. The largest absolute Gasteiger partial charge is 0.370 e. The third kappa shape index (κ3) is 4.73. The smallest absolute Gasteiger partial charge is 0.191 e. The summed E-state index contributed by atoms with van der Waals surface area (Å²) in [5.41, 5.74) is 7.48. The number of carbonyl (C=O) groups is 1. The van der Waals surface area contributed by atoms with Gasteiger partial charge in [-0.25, -0.2) is 9.38 Å². The summed E-state index contributed by atoms with van der Waals surface area (Å²) < 4.78 is 13.6. The lowest BCUT2D eigenvalue weighted by Gasteiger charge is -2.33. The molecule has 2 aromatic rings. The van der Waals surface area contributed by atoms with Crippen molar-refractivity contribution in [2.45, 2.75) is 36.4 Å². The van der Waals surface area contributed by atoms with Gasteiger partial charge in [0.25, 0.3) is 0 Å². The molecule has 0 radical (unpaired) electrons. The zero-order valence-corrected chi connectivity index (χ0v) is 17.8. The maximum Gasteiger partial charge on any atom is 0.191 e. The Morgan fingerprint density at radius 3 is 2.32 bits per heavy atom. The van der Waals surface area contributed by atoms with Crippen LogP contribution in [0.25, 0.3) is 0 Å². The second-order valence-corrected chi connectivity index (χ2v) is 8.02. The van der Waals surface area contributed by atoms with E-state index in [9.17, 15) is 9.18 Å². The monoisotopic (exact) mass is 401 g/mol. The number of aldehydes is 1. The summed E-state index contributed by atoms with van der Waals surface area (Å²) in [5.74, 6) is -0.245. The number of hydrogen-bond donors (Lipinski definition) is 1. The molecule has 4 nitrogen and oxygen atoms in total. The first kappa shape index (κ1) is 22.0. The molecule has 3 unspecified atom stereocenters. The van der Waals surface area contributed by atoms with E-state index in [1.165, 1.54) is 6.92 Å². The normalized spacial score (nSPS) is 16.1. The molecule has 0 aromatic heterocycles. The number of guanidine groups is 1. The van der Waals surface area contributed by atoms with E-state index in [4.69, 9.17) is 10.7 Å². The van der Waals surface area contributed by atoms with Gasteiger partial charge in [-0.1, -0.05) is 36.4 Å². The average Bonchev–Trinajstić information content (AvgIpc) is 2.68. The first-order chi connectivity index (χ1) is 13.2. The van der Waals surface area contributed by atoms with Gasteiger partial charge >= 0.3 is 0 Å². The highest BCUT2D eigenvalue weighted by atomic mass is 32.2. The van der Waals surface area contributed by atoms with Crippen molar-refractivity contribution in [3.05, 3.63) is 65.2 Å². The third-order valence-electron chi connectivity index (χ3n) is 4.96. The van der Waals surface area contributed by atoms with Crippen LogP contribution in [0.1, 0.15) is 42.6 Å². The minimum absolute atomic E-state index is 0.331. The fourth-order valence-electron chi connectivity index (χ4n) is 3.09. The van der Waals surface area contributed by atoms with E-state index in [0.29, 0.717) is 11.5 Å². The molecule has 0 saturated carbocycles. The Balaban J connectivity index is 2.64. The molecule has 0 spiro atoms. The van der Waals surface area contributed by atoms with Gasteiger partial charge in [0.05, 0.1) is 5.92 Å². The van der Waals surface area contributed by atoms with Crippen LogP contribution in [0.2, 0.25) is 0 Å². The van der Waals surface area contributed by atoms with Gasteiger partial charge in [0.2, 0.25) is 0 Å². The summed E-state index contributed by atoms with van der Waals surface area (Å²) in [6, 6.07) is 15.0. The van der Waals surface area contributed by atoms with Gasteiger partial charge in [0, 0.05) is 19.0 Å². The second kappa shape index (κ2) is 9.24. The van der Waals surface area contributed by atoms with Crippen LogP contribution >= 0.6 is 11.8 Å². The van der Waals surface area contributed by atoms with Crippen LogP contribution in [0, 0.1) is 0 Å². The Morgan fingerprint density at radius 1 is 1.21 bits per heavy atom. The predicted molar refractivity (Wildman–Crippen MR) is 116 cm³/mol. The van der Waals surface area contributed by atoms with Crippen molar-refractivity contribution in [2.75, 3.05) is 20.4 Å². The molecule has 28 heavy (non-hydrogen) atoms. The van der Waals surface area contributed by atoms with E-state index in [2.05, 4.69) is 0 Å². The van der Waals surface area contributed by atoms with Crippen molar-refractivity contribution in [2.24, 2.45) is 10.7 Å². The fraction of sp³-hybridized carbons (Fsp3) is 0.364.